The van der Waals surface area contributed by atoms with Gasteiger partial charge < -0.3 is 68.0 Å². The fourth-order valence-electron chi connectivity index (χ4n) is 15.4. The molecule has 0 amide bonds. The Bertz CT molecular complexity index is 5520. The van der Waals surface area contributed by atoms with Crippen LogP contribution in [0, 0.1) is 57.8 Å². The van der Waals surface area contributed by atoms with Gasteiger partial charge >= 0.3 is 31.9 Å². The number of benzene rings is 2. The van der Waals surface area contributed by atoms with Crippen molar-refractivity contribution in [2.24, 2.45) is 37.7 Å². The average Bonchev–Trinajstić information content (AvgIpc) is 1.67. The molecule has 17 heterocycles. The number of thiol groups is 1. The van der Waals surface area contributed by atoms with Gasteiger partial charge in [0.25, 0.3) is 0 Å². The molecule has 0 bridgehead atoms. The molecule has 1 radical (unpaired) electrons. The third-order valence-electron chi connectivity index (χ3n) is 22.3. The zero-order valence-corrected chi connectivity index (χ0v) is 77.3. The summed E-state index contributed by atoms with van der Waals surface area (Å²) in [6.45, 7) is 26.0. The van der Waals surface area contributed by atoms with Gasteiger partial charge in [0.15, 0.2) is 11.3 Å². The minimum atomic E-state index is -1.42. The number of nitrogens with one attached hydrogen (secondary N) is 3. The molecule has 33 nitrogen and oxygen atoms in total. The molecule has 19 rings (SSSR count). The first-order valence-electron chi connectivity index (χ1n) is 38.6. The third kappa shape index (κ3) is 23.8. The molecule has 6 saturated heterocycles. The van der Waals surface area contributed by atoms with Crippen LogP contribution in [0.2, 0.25) is 26.3 Å². The molecule has 657 valence electrons. The fourth-order valence-corrected chi connectivity index (χ4v) is 17.5. The molecular weight excluding hydrogens is 1890 g/mol. The summed E-state index contributed by atoms with van der Waals surface area (Å²) >= 11 is 41.1. The van der Waals surface area contributed by atoms with E-state index in [9.17, 15) is 0 Å². The molecule has 6 atom stereocenters. The van der Waals surface area contributed by atoms with Gasteiger partial charge in [-0.2, -0.15) is 15.2 Å². The van der Waals surface area contributed by atoms with E-state index in [-0.39, 0.29) is 78.0 Å². The average molecular weight is 2000 g/mol. The van der Waals surface area contributed by atoms with Crippen molar-refractivity contribution in [3.05, 3.63) is 172 Å². The number of aryl methyl sites for hydroxylation is 6. The summed E-state index contributed by atoms with van der Waals surface area (Å²) in [5.41, 5.74) is 42.5. The molecule has 15 N–H and O–H groups in total. The van der Waals surface area contributed by atoms with Crippen molar-refractivity contribution < 1.29 is 24.3 Å². The fraction of sp³-hybridized carbons (Fsp3) is 0.443. The van der Waals surface area contributed by atoms with E-state index in [0.717, 1.165) is 190 Å². The molecule has 123 heavy (non-hydrogen) atoms. The zero-order chi connectivity index (χ0) is 87.4. The maximum absolute atomic E-state index is 8.84. The summed E-state index contributed by atoms with van der Waals surface area (Å²) < 4.78 is 28.4. The van der Waals surface area contributed by atoms with Gasteiger partial charge in [-0.05, 0) is 237 Å². The van der Waals surface area contributed by atoms with E-state index < -0.39 is 7.12 Å². The van der Waals surface area contributed by atoms with E-state index >= 15 is 0 Å². The van der Waals surface area contributed by atoms with Crippen LogP contribution in [0.4, 0.5) is 23.5 Å². The number of aromatic nitrogens is 19. The van der Waals surface area contributed by atoms with Crippen LogP contribution in [-0.2, 0) is 14.2 Å². The van der Waals surface area contributed by atoms with Crippen LogP contribution in [0.25, 0.3) is 49.9 Å². The summed E-state index contributed by atoms with van der Waals surface area (Å²) in [5.74, 6) is 2.70. The molecular formula is C79H103B2Br3Cl5N28O5S. The third-order valence-corrected chi connectivity index (χ3v) is 26.1. The molecule has 44 heteroatoms. The zero-order valence-electron chi connectivity index (χ0n) is 67.9. The molecule has 6 aliphatic heterocycles. The number of hydrogen-bond acceptors (Lipinski definition) is 29. The van der Waals surface area contributed by atoms with E-state index in [1.165, 1.54) is 12.8 Å². The quantitative estimate of drug-likeness (QED) is 0.0337. The summed E-state index contributed by atoms with van der Waals surface area (Å²) in [7, 11) is 2.92. The second-order valence-electron chi connectivity index (χ2n) is 30.2. The Morgan fingerprint density at radius 3 is 1.41 bits per heavy atom. The van der Waals surface area contributed by atoms with E-state index in [0.29, 0.717) is 37.4 Å². The topological polar surface area (TPSA) is 454 Å². The van der Waals surface area contributed by atoms with E-state index in [1.807, 2.05) is 51.8 Å². The van der Waals surface area contributed by atoms with E-state index in [4.69, 9.17) is 126 Å². The first-order chi connectivity index (χ1) is 57.7. The predicted octanol–water partition coefficient (Wildman–Crippen LogP) is 13.2. The number of H-pyrrole nitrogens is 2. The molecule has 11 aromatic heterocycles. The van der Waals surface area contributed by atoms with Gasteiger partial charge in [-0.25, -0.2) is 54.8 Å². The van der Waals surface area contributed by atoms with Crippen LogP contribution in [0.1, 0.15) is 108 Å². The summed E-state index contributed by atoms with van der Waals surface area (Å²) in [4.78, 5) is 54.4. The minimum absolute atomic E-state index is 0. The molecule has 6 fully saturated rings. The number of piperidine rings is 3. The van der Waals surface area contributed by atoms with Crippen LogP contribution in [0.15, 0.2) is 116 Å². The van der Waals surface area contributed by atoms with Crippen molar-refractivity contribution in [1.82, 2.24) is 98.7 Å². The summed E-state index contributed by atoms with van der Waals surface area (Å²) in [5, 5.41) is 38.2. The molecule has 3 spiro atoms. The SMILES string of the molecule is C.C.C[C@@H]1OCC2(CCNCC2)[C@@H]1N.Cc1cc(Cl)nc(Cl)n1.Cc1cc(N)nc(Cl)n1.Cc1nc(Cl)n2ccnc2c1Br.Cc1nc(Cl)nc(N)c1Br.Cc1nc(N2CCC3(CC2)CO[C@@H](C)[C@H]3N)n2ccnc2c1-c1ccc2cn[nH]c2c1.Cc1nc(N2CCC3(CC2)CO[C@@H](C)[C@H]3N)n2ccnc2c1Br.OB(O)c1ccc2cn[nH]c2c1.[B]=NS. The molecule has 0 unspecified atom stereocenters. The van der Waals surface area contributed by atoms with Crippen molar-refractivity contribution in [3.63, 3.8) is 0 Å². The normalized spacial score (nSPS) is 19.3. The van der Waals surface area contributed by atoms with Gasteiger partial charge in [-0.1, -0.05) is 50.7 Å². The Hall–Kier alpha value is -7.51. The van der Waals surface area contributed by atoms with Gasteiger partial charge in [0.1, 0.15) is 22.4 Å². The van der Waals surface area contributed by atoms with Crippen molar-refractivity contribution in [2.45, 2.75) is 152 Å². The van der Waals surface area contributed by atoms with Crippen LogP contribution in [0.3, 0.4) is 0 Å². The van der Waals surface area contributed by atoms with Crippen LogP contribution < -0.4 is 49.2 Å². The van der Waals surface area contributed by atoms with Gasteiger partial charge in [-0.3, -0.25) is 23.4 Å². The predicted molar refractivity (Wildman–Crippen MR) is 505 cm³/mol. The molecule has 6 aliphatic rings. The first-order valence-corrected chi connectivity index (χ1v) is 43.3. The van der Waals surface area contributed by atoms with Crippen molar-refractivity contribution in [1.29, 1.82) is 0 Å². The van der Waals surface area contributed by atoms with Crippen molar-refractivity contribution in [2.75, 3.05) is 80.4 Å². The maximum atomic E-state index is 8.84. The van der Waals surface area contributed by atoms with Crippen molar-refractivity contribution in [3.8, 4) is 11.1 Å². The van der Waals surface area contributed by atoms with E-state index in [1.54, 1.807) is 67.2 Å². The van der Waals surface area contributed by atoms with Crippen LogP contribution in [-0.4, -0.2) is 214 Å². The van der Waals surface area contributed by atoms with Crippen molar-refractivity contribution >= 4 is 201 Å². The Balaban J connectivity index is 0.000000166. The first kappa shape index (κ1) is 99.3. The van der Waals surface area contributed by atoms with E-state index in [2.05, 4.69) is 208 Å². The number of fused-ring (bicyclic) bond motifs is 5. The molecule has 0 saturated carbocycles. The number of imidazole rings is 3. The number of aromatic amines is 2. The summed E-state index contributed by atoms with van der Waals surface area (Å²) in [6, 6.07) is 15.2. The number of nitrogens with two attached hydrogens (primary N) is 5. The Morgan fingerprint density at radius 2 is 0.951 bits per heavy atom. The Morgan fingerprint density at radius 1 is 0.528 bits per heavy atom. The second-order valence-corrected chi connectivity index (χ2v) is 34.6. The van der Waals surface area contributed by atoms with Gasteiger partial charge in [0.2, 0.25) is 33.0 Å². The number of nitrogens with zero attached hydrogens (tertiary/aromatic N) is 20. The monoisotopic (exact) mass is 1990 g/mol. The standard InChI is InChI=1S/C23H27N7O.C16H22BrN5O.C9H18N2O.C7H7BN2O2.C7H5BrClN3.C5H5BrClN3.C5H4Cl2N2.C5H6ClN3.2CH4.BHNS/c1-14-19(16-3-4-17-12-26-28-18(17)11-16)21-25-7-10-30(21)22(27-14)29-8-5-23(6-9-29)13-31-15(2)20(23)24;1-10-12(17)14-19-5-8-22(14)15(20-10)21-6-3-16(4-7-21)9-23-11(2)13(16)18;1-7-8(10)9(6-12-7)2-4-11-5-3-9;11-8(12)6-2-1-5-4-9-10-7(5)3-6;1-4-5(8)6-10-2-3-12(6)7(9)11-4;1-2-3(6)4(8)10-5(7)9-2;1-3-2-4(6)9-5(7)8-3;1-3-2-4(7)9-5(6)8-3;;;1-2-3/h3-4,7,10-12,15,20H,5-6,8-9,13,24H2,1-2H3,(H,26,28);5,8,11,13H,3-4,6-7,9,18H2,1-2H3;7-8,11H,2-6,10H2,1H3;1-4,11-12H,(H,9,10);2-3H,1H3;1H3,(H2,8,9,10);2H,1H3;2H,1H3,(H2,7,8,9);2*1H4;3H/t15-,20+;11-,13+;7-,8+;;;;;;;;/m000......../s1. The van der Waals surface area contributed by atoms with Gasteiger partial charge in [0, 0.05) is 132 Å². The second kappa shape index (κ2) is 44.3. The van der Waals surface area contributed by atoms with Gasteiger partial charge in [0.05, 0.1) is 97.8 Å². The molecule has 2 aromatic carbocycles. The molecule has 0 aliphatic carbocycles. The van der Waals surface area contributed by atoms with Gasteiger partial charge in [-0.15, -0.1) is 0 Å². The number of ether oxygens (including phenoxy) is 3. The Kier molecular flexibility index (Phi) is 35.7. The number of rotatable bonds is 4. The molecule has 13 aromatic rings. The number of halogens is 8. The number of hydrogen-bond donors (Lipinski definition) is 11. The number of nitrogen functional groups attached to an aromatic ring is 2. The van der Waals surface area contributed by atoms with Crippen LogP contribution >= 0.6 is 119 Å². The number of anilines is 4. The Labute approximate surface area is 771 Å². The van der Waals surface area contributed by atoms with Crippen LogP contribution in [0.5, 0.6) is 0 Å². The summed E-state index contributed by atoms with van der Waals surface area (Å²) in [6.07, 6.45) is 21.7.